The molecule has 0 amide bonds. The predicted octanol–water partition coefficient (Wildman–Crippen LogP) is 2.24. The van der Waals surface area contributed by atoms with Crippen molar-refractivity contribution in [3.63, 3.8) is 0 Å². The monoisotopic (exact) mass is 194 g/mol. The van der Waals surface area contributed by atoms with Crippen LogP contribution in [0.1, 0.15) is 26.5 Å². The fourth-order valence-corrected chi connectivity index (χ4v) is 0.840. The van der Waals surface area contributed by atoms with Gasteiger partial charge in [0.15, 0.2) is 0 Å². The zero-order valence-corrected chi connectivity index (χ0v) is 9.32. The molecule has 3 heteroatoms. The van der Waals surface area contributed by atoms with Gasteiger partial charge in [-0.2, -0.15) is 5.06 Å². The van der Waals surface area contributed by atoms with Crippen LogP contribution in [0.5, 0.6) is 0 Å². The van der Waals surface area contributed by atoms with Gasteiger partial charge in [0.05, 0.1) is 5.69 Å². The molecular weight excluding hydrogens is 176 g/mol. The van der Waals surface area contributed by atoms with Crippen molar-refractivity contribution < 1.29 is 4.84 Å². The average molecular weight is 194 g/mol. The van der Waals surface area contributed by atoms with E-state index in [0.717, 1.165) is 5.69 Å². The Kier molecular flexibility index (Phi) is 3.61. The van der Waals surface area contributed by atoms with Gasteiger partial charge < -0.3 is 0 Å². The Morgan fingerprint density at radius 2 is 2.07 bits per heavy atom. The second kappa shape index (κ2) is 4.53. The van der Waals surface area contributed by atoms with E-state index in [9.17, 15) is 0 Å². The van der Waals surface area contributed by atoms with Crippen molar-refractivity contribution in [1.82, 2.24) is 10.0 Å². The summed E-state index contributed by atoms with van der Waals surface area (Å²) in [4.78, 5) is 9.74. The summed E-state index contributed by atoms with van der Waals surface area (Å²) in [5.41, 5.74) is 0.970. The SMILES string of the molecule is CN(OCc1ccccn1)C(C)(C)C. The Labute approximate surface area is 85.7 Å². The van der Waals surface area contributed by atoms with Gasteiger partial charge in [0.2, 0.25) is 0 Å². The first-order valence-corrected chi connectivity index (χ1v) is 4.77. The van der Waals surface area contributed by atoms with Crippen LogP contribution in [0.2, 0.25) is 0 Å². The molecule has 0 atom stereocenters. The van der Waals surface area contributed by atoms with E-state index in [2.05, 4.69) is 25.8 Å². The molecule has 0 radical (unpaired) electrons. The first-order valence-electron chi connectivity index (χ1n) is 4.77. The highest BCUT2D eigenvalue weighted by atomic mass is 16.7. The second-order valence-electron chi connectivity index (χ2n) is 4.26. The van der Waals surface area contributed by atoms with E-state index in [4.69, 9.17) is 4.84 Å². The van der Waals surface area contributed by atoms with Crippen LogP contribution in [0.15, 0.2) is 24.4 Å². The molecule has 0 saturated carbocycles. The van der Waals surface area contributed by atoms with E-state index in [1.165, 1.54) is 0 Å². The molecule has 0 spiro atoms. The highest BCUT2D eigenvalue weighted by Gasteiger charge is 2.17. The van der Waals surface area contributed by atoms with E-state index in [-0.39, 0.29) is 5.54 Å². The number of pyridine rings is 1. The van der Waals surface area contributed by atoms with Gasteiger partial charge in [-0.3, -0.25) is 9.82 Å². The molecular formula is C11H18N2O. The molecule has 1 heterocycles. The van der Waals surface area contributed by atoms with E-state index in [1.54, 1.807) is 6.20 Å². The van der Waals surface area contributed by atoms with Gasteiger partial charge >= 0.3 is 0 Å². The second-order valence-corrected chi connectivity index (χ2v) is 4.26. The van der Waals surface area contributed by atoms with E-state index in [0.29, 0.717) is 6.61 Å². The Morgan fingerprint density at radius 1 is 1.36 bits per heavy atom. The zero-order valence-electron chi connectivity index (χ0n) is 9.32. The summed E-state index contributed by atoms with van der Waals surface area (Å²) in [5, 5.41) is 1.85. The Hall–Kier alpha value is -0.930. The predicted molar refractivity (Wildman–Crippen MR) is 56.5 cm³/mol. The Bertz CT molecular complexity index is 266. The average Bonchev–Trinajstić information content (AvgIpc) is 2.14. The lowest BCUT2D eigenvalue weighted by molar-refractivity contribution is -0.201. The summed E-state index contributed by atoms with van der Waals surface area (Å²) in [6, 6.07) is 5.82. The molecule has 0 fully saturated rings. The van der Waals surface area contributed by atoms with Gasteiger partial charge in [0.25, 0.3) is 0 Å². The van der Waals surface area contributed by atoms with Gasteiger partial charge in [0, 0.05) is 18.8 Å². The highest BCUT2D eigenvalue weighted by molar-refractivity contribution is 5.01. The number of aromatic nitrogens is 1. The molecule has 0 N–H and O–H groups in total. The smallest absolute Gasteiger partial charge is 0.111 e. The van der Waals surface area contributed by atoms with Crippen LogP contribution in [0, 0.1) is 0 Å². The summed E-state index contributed by atoms with van der Waals surface area (Å²) in [5.74, 6) is 0. The third-order valence-electron chi connectivity index (χ3n) is 2.08. The van der Waals surface area contributed by atoms with Crippen molar-refractivity contribution in [2.75, 3.05) is 7.05 Å². The maximum Gasteiger partial charge on any atom is 0.111 e. The third-order valence-corrected chi connectivity index (χ3v) is 2.08. The van der Waals surface area contributed by atoms with Crippen LogP contribution in [0.25, 0.3) is 0 Å². The van der Waals surface area contributed by atoms with Gasteiger partial charge in [0.1, 0.15) is 6.61 Å². The molecule has 3 nitrogen and oxygen atoms in total. The van der Waals surface area contributed by atoms with Gasteiger partial charge in [-0.15, -0.1) is 0 Å². The molecule has 0 aliphatic heterocycles. The van der Waals surface area contributed by atoms with Crippen LogP contribution >= 0.6 is 0 Å². The third kappa shape index (κ3) is 3.44. The summed E-state index contributed by atoms with van der Waals surface area (Å²) < 4.78 is 0. The minimum atomic E-state index is 0.0226. The number of rotatable bonds is 3. The Balaban J connectivity index is 2.42. The lowest BCUT2D eigenvalue weighted by atomic mass is 10.1. The lowest BCUT2D eigenvalue weighted by Crippen LogP contribution is -2.37. The molecule has 0 aromatic carbocycles. The van der Waals surface area contributed by atoms with Gasteiger partial charge in [-0.1, -0.05) is 6.07 Å². The molecule has 0 bridgehead atoms. The molecule has 1 aromatic heterocycles. The highest BCUT2D eigenvalue weighted by Crippen LogP contribution is 2.11. The first kappa shape index (κ1) is 11.1. The number of hydroxylamine groups is 2. The zero-order chi connectivity index (χ0) is 10.6. The van der Waals surface area contributed by atoms with Crippen molar-refractivity contribution in [1.29, 1.82) is 0 Å². The summed E-state index contributed by atoms with van der Waals surface area (Å²) in [6.45, 7) is 6.83. The normalized spacial score (nSPS) is 12.1. The number of hydrogen-bond acceptors (Lipinski definition) is 3. The van der Waals surface area contributed by atoms with E-state index in [1.807, 2.05) is 30.3 Å². The summed E-state index contributed by atoms with van der Waals surface area (Å²) in [7, 11) is 1.93. The standard InChI is InChI=1S/C11H18N2O/c1-11(2,3)13(4)14-9-10-7-5-6-8-12-10/h5-8H,9H2,1-4H3. The topological polar surface area (TPSA) is 25.4 Å². The molecule has 0 aliphatic carbocycles. The number of nitrogens with zero attached hydrogens (tertiary/aromatic N) is 2. The van der Waals surface area contributed by atoms with Crippen molar-refractivity contribution in [2.45, 2.75) is 32.9 Å². The maximum absolute atomic E-state index is 5.56. The van der Waals surface area contributed by atoms with E-state index < -0.39 is 0 Å². The first-order chi connectivity index (χ1) is 6.50. The van der Waals surface area contributed by atoms with Crippen LogP contribution in [0.3, 0.4) is 0 Å². The largest absolute Gasteiger partial charge is 0.292 e. The fourth-order valence-electron chi connectivity index (χ4n) is 0.840. The molecule has 0 unspecified atom stereocenters. The minimum Gasteiger partial charge on any atom is -0.292 e. The fraction of sp³-hybridized carbons (Fsp3) is 0.545. The van der Waals surface area contributed by atoms with E-state index >= 15 is 0 Å². The van der Waals surface area contributed by atoms with Crippen LogP contribution in [-0.2, 0) is 11.4 Å². The van der Waals surface area contributed by atoms with Gasteiger partial charge in [-0.05, 0) is 32.9 Å². The van der Waals surface area contributed by atoms with Crippen LogP contribution in [-0.4, -0.2) is 22.6 Å². The van der Waals surface area contributed by atoms with Crippen molar-refractivity contribution in [2.24, 2.45) is 0 Å². The molecule has 0 saturated heterocycles. The van der Waals surface area contributed by atoms with Crippen molar-refractivity contribution in [3.05, 3.63) is 30.1 Å². The van der Waals surface area contributed by atoms with Crippen molar-refractivity contribution >= 4 is 0 Å². The quantitative estimate of drug-likeness (QED) is 0.690. The molecule has 14 heavy (non-hydrogen) atoms. The van der Waals surface area contributed by atoms with Gasteiger partial charge in [-0.25, -0.2) is 0 Å². The molecule has 0 aliphatic rings. The maximum atomic E-state index is 5.56. The molecule has 78 valence electrons. The van der Waals surface area contributed by atoms with Crippen molar-refractivity contribution in [3.8, 4) is 0 Å². The van der Waals surface area contributed by atoms with Crippen LogP contribution in [0.4, 0.5) is 0 Å². The van der Waals surface area contributed by atoms with Crippen LogP contribution < -0.4 is 0 Å². The summed E-state index contributed by atoms with van der Waals surface area (Å²) >= 11 is 0. The minimum absolute atomic E-state index is 0.0226. The molecule has 1 aromatic rings. The molecule has 1 rings (SSSR count). The Morgan fingerprint density at radius 3 is 2.57 bits per heavy atom. The number of hydrogen-bond donors (Lipinski definition) is 0. The summed E-state index contributed by atoms with van der Waals surface area (Å²) in [6.07, 6.45) is 1.77. The lowest BCUT2D eigenvalue weighted by Gasteiger charge is -2.30.